The van der Waals surface area contributed by atoms with Gasteiger partial charge in [0.2, 0.25) is 0 Å². The van der Waals surface area contributed by atoms with Crippen LogP contribution in [-0.4, -0.2) is 12.3 Å². The van der Waals surface area contributed by atoms with Gasteiger partial charge in [0.1, 0.15) is 5.82 Å². The van der Waals surface area contributed by atoms with Crippen molar-refractivity contribution in [1.82, 2.24) is 0 Å². The number of rotatable bonds is 3. The molecule has 1 aliphatic heterocycles. The van der Waals surface area contributed by atoms with Gasteiger partial charge in [-0.1, -0.05) is 15.9 Å². The lowest BCUT2D eigenvalue weighted by Gasteiger charge is -2.06. The van der Waals surface area contributed by atoms with Crippen LogP contribution in [0.15, 0.2) is 40.9 Å². The number of anilines is 1. The Hall–Kier alpha value is -1.68. The van der Waals surface area contributed by atoms with Gasteiger partial charge in [-0.3, -0.25) is 4.79 Å². The second-order valence-corrected chi connectivity index (χ2v) is 5.80. The zero-order chi connectivity index (χ0) is 14.1. The Morgan fingerprint density at radius 3 is 2.95 bits per heavy atom. The second-order valence-electron chi connectivity index (χ2n) is 4.88. The predicted octanol–water partition coefficient (Wildman–Crippen LogP) is 3.98. The number of benzene rings is 2. The highest BCUT2D eigenvalue weighted by Crippen LogP contribution is 2.24. The van der Waals surface area contributed by atoms with E-state index in [1.807, 2.05) is 12.1 Å². The number of hydrogen-bond donors (Lipinski definition) is 1. The Kier molecular flexibility index (Phi) is 3.57. The zero-order valence-electron chi connectivity index (χ0n) is 10.7. The first-order valence-electron chi connectivity index (χ1n) is 6.47. The summed E-state index contributed by atoms with van der Waals surface area (Å²) >= 11 is 3.30. The van der Waals surface area contributed by atoms with Crippen molar-refractivity contribution in [2.24, 2.45) is 0 Å². The van der Waals surface area contributed by atoms with Gasteiger partial charge in [-0.25, -0.2) is 4.39 Å². The third-order valence-corrected chi connectivity index (χ3v) is 3.99. The van der Waals surface area contributed by atoms with Crippen LogP contribution in [0.1, 0.15) is 21.5 Å². The molecule has 0 unspecified atom stereocenters. The SMILES string of the molecule is O=C(Cc1cc(Br)ccc1F)c1ccc2c(c1)CCN2. The fourth-order valence-corrected chi connectivity index (χ4v) is 2.84. The van der Waals surface area contributed by atoms with E-state index in [9.17, 15) is 9.18 Å². The first-order valence-corrected chi connectivity index (χ1v) is 7.27. The number of hydrogen-bond acceptors (Lipinski definition) is 2. The molecule has 3 rings (SSSR count). The van der Waals surface area contributed by atoms with E-state index in [-0.39, 0.29) is 18.0 Å². The summed E-state index contributed by atoms with van der Waals surface area (Å²) in [5.41, 5.74) is 3.32. The molecule has 1 heterocycles. The van der Waals surface area contributed by atoms with Crippen molar-refractivity contribution in [3.63, 3.8) is 0 Å². The monoisotopic (exact) mass is 333 g/mol. The number of carbonyl (C=O) groups excluding carboxylic acids is 1. The van der Waals surface area contributed by atoms with E-state index in [2.05, 4.69) is 21.2 Å². The lowest BCUT2D eigenvalue weighted by atomic mass is 10.00. The standard InChI is InChI=1S/C16H13BrFNO/c17-13-2-3-14(18)12(8-13)9-16(20)11-1-4-15-10(7-11)5-6-19-15/h1-4,7-8,19H,5-6,9H2. The van der Waals surface area contributed by atoms with Crippen LogP contribution in [0.25, 0.3) is 0 Å². The quantitative estimate of drug-likeness (QED) is 0.861. The molecule has 0 fully saturated rings. The normalized spacial score (nSPS) is 12.9. The van der Waals surface area contributed by atoms with Crippen LogP contribution in [0.3, 0.4) is 0 Å². The van der Waals surface area contributed by atoms with Crippen molar-refractivity contribution in [3.05, 3.63) is 63.4 Å². The van der Waals surface area contributed by atoms with Crippen LogP contribution in [-0.2, 0) is 12.8 Å². The Balaban J connectivity index is 1.84. The summed E-state index contributed by atoms with van der Waals surface area (Å²) < 4.78 is 14.5. The van der Waals surface area contributed by atoms with E-state index in [4.69, 9.17) is 0 Å². The number of nitrogens with one attached hydrogen (secondary N) is 1. The molecular formula is C16H13BrFNO. The van der Waals surface area contributed by atoms with Crippen LogP contribution in [0.4, 0.5) is 10.1 Å². The first kappa shape index (κ1) is 13.3. The average Bonchev–Trinajstić information content (AvgIpc) is 2.90. The number of Topliss-reactive ketones (excluding diaryl/α,β-unsaturated/α-hetero) is 1. The Morgan fingerprint density at radius 1 is 1.25 bits per heavy atom. The van der Waals surface area contributed by atoms with Crippen LogP contribution >= 0.6 is 15.9 Å². The first-order chi connectivity index (χ1) is 9.63. The van der Waals surface area contributed by atoms with Gasteiger partial charge in [0.15, 0.2) is 5.78 Å². The molecule has 102 valence electrons. The van der Waals surface area contributed by atoms with E-state index in [0.29, 0.717) is 11.1 Å². The molecule has 1 N–H and O–H groups in total. The fraction of sp³-hybridized carbons (Fsp3) is 0.188. The van der Waals surface area contributed by atoms with E-state index >= 15 is 0 Å². The molecule has 0 aromatic heterocycles. The van der Waals surface area contributed by atoms with Crippen molar-refractivity contribution in [2.45, 2.75) is 12.8 Å². The topological polar surface area (TPSA) is 29.1 Å². The molecule has 1 aliphatic rings. The van der Waals surface area contributed by atoms with Gasteiger partial charge in [-0.15, -0.1) is 0 Å². The third-order valence-electron chi connectivity index (χ3n) is 3.50. The summed E-state index contributed by atoms with van der Waals surface area (Å²) in [6.45, 7) is 0.910. The van der Waals surface area contributed by atoms with Gasteiger partial charge in [-0.2, -0.15) is 0 Å². The summed E-state index contributed by atoms with van der Waals surface area (Å²) in [4.78, 5) is 12.3. The van der Waals surface area contributed by atoms with Crippen LogP contribution < -0.4 is 5.32 Å². The molecule has 0 aliphatic carbocycles. The van der Waals surface area contributed by atoms with Gasteiger partial charge >= 0.3 is 0 Å². The van der Waals surface area contributed by atoms with Crippen molar-refractivity contribution < 1.29 is 9.18 Å². The second kappa shape index (κ2) is 5.37. The molecule has 0 saturated carbocycles. The molecule has 20 heavy (non-hydrogen) atoms. The molecule has 0 saturated heterocycles. The summed E-state index contributed by atoms with van der Waals surface area (Å²) in [6.07, 6.45) is 1.01. The summed E-state index contributed by atoms with van der Waals surface area (Å²) in [5, 5.41) is 3.26. The molecule has 2 aromatic carbocycles. The maximum atomic E-state index is 13.7. The Morgan fingerprint density at radius 2 is 2.10 bits per heavy atom. The van der Waals surface area contributed by atoms with Crippen LogP contribution in [0, 0.1) is 5.82 Å². The molecule has 0 bridgehead atoms. The molecule has 0 spiro atoms. The minimum absolute atomic E-state index is 0.0586. The number of fused-ring (bicyclic) bond motifs is 1. The summed E-state index contributed by atoms with van der Waals surface area (Å²) in [6, 6.07) is 10.3. The minimum atomic E-state index is -0.343. The molecule has 0 amide bonds. The molecule has 4 heteroatoms. The molecule has 0 atom stereocenters. The highest BCUT2D eigenvalue weighted by molar-refractivity contribution is 9.10. The molecule has 2 aromatic rings. The average molecular weight is 334 g/mol. The van der Waals surface area contributed by atoms with Crippen LogP contribution in [0.5, 0.6) is 0 Å². The Bertz CT molecular complexity index is 684. The van der Waals surface area contributed by atoms with Gasteiger partial charge in [0.05, 0.1) is 0 Å². The number of halogens is 2. The summed E-state index contributed by atoms with van der Waals surface area (Å²) in [7, 11) is 0. The lowest BCUT2D eigenvalue weighted by molar-refractivity contribution is 0.0992. The van der Waals surface area contributed by atoms with Gasteiger partial charge in [0, 0.05) is 28.7 Å². The lowest BCUT2D eigenvalue weighted by Crippen LogP contribution is -2.05. The van der Waals surface area contributed by atoms with Gasteiger partial charge in [-0.05, 0) is 53.9 Å². The van der Waals surface area contributed by atoms with Crippen molar-refractivity contribution in [3.8, 4) is 0 Å². The maximum Gasteiger partial charge on any atom is 0.167 e. The number of carbonyl (C=O) groups is 1. The van der Waals surface area contributed by atoms with Crippen molar-refractivity contribution in [2.75, 3.05) is 11.9 Å². The van der Waals surface area contributed by atoms with Gasteiger partial charge < -0.3 is 5.32 Å². The fourth-order valence-electron chi connectivity index (χ4n) is 2.43. The molecular weight excluding hydrogens is 321 g/mol. The molecule has 2 nitrogen and oxygen atoms in total. The summed E-state index contributed by atoms with van der Waals surface area (Å²) in [5.74, 6) is -0.402. The van der Waals surface area contributed by atoms with Crippen LogP contribution in [0.2, 0.25) is 0 Å². The highest BCUT2D eigenvalue weighted by Gasteiger charge is 2.15. The zero-order valence-corrected chi connectivity index (χ0v) is 12.3. The van der Waals surface area contributed by atoms with E-state index in [1.165, 1.54) is 6.07 Å². The predicted molar refractivity (Wildman–Crippen MR) is 80.8 cm³/mol. The number of ketones is 1. The highest BCUT2D eigenvalue weighted by atomic mass is 79.9. The van der Waals surface area contributed by atoms with E-state index in [0.717, 1.165) is 28.7 Å². The maximum absolute atomic E-state index is 13.7. The molecule has 0 radical (unpaired) electrons. The smallest absolute Gasteiger partial charge is 0.167 e. The minimum Gasteiger partial charge on any atom is -0.384 e. The largest absolute Gasteiger partial charge is 0.384 e. The van der Waals surface area contributed by atoms with Crippen molar-refractivity contribution in [1.29, 1.82) is 0 Å². The van der Waals surface area contributed by atoms with Gasteiger partial charge in [0.25, 0.3) is 0 Å². The van der Waals surface area contributed by atoms with E-state index < -0.39 is 0 Å². The van der Waals surface area contributed by atoms with Crippen molar-refractivity contribution >= 4 is 27.4 Å². The third kappa shape index (κ3) is 2.61. The van der Waals surface area contributed by atoms with E-state index in [1.54, 1.807) is 18.2 Å². The Labute approximate surface area is 125 Å².